The molecule has 2 rings (SSSR count). The maximum atomic E-state index is 5.88. The van der Waals surface area contributed by atoms with E-state index in [4.69, 9.17) is 10.5 Å². The third kappa shape index (κ3) is 4.33. The summed E-state index contributed by atoms with van der Waals surface area (Å²) in [6, 6.07) is 16.8. The topological polar surface area (TPSA) is 35.2 Å². The average molecular weight is 283 g/mol. The zero-order chi connectivity index (χ0) is 15.2. The molecule has 0 radical (unpaired) electrons. The lowest BCUT2D eigenvalue weighted by Crippen LogP contribution is -2.08. The molecule has 2 nitrogen and oxygen atoms in total. The van der Waals surface area contributed by atoms with E-state index in [9.17, 15) is 0 Å². The van der Waals surface area contributed by atoms with Gasteiger partial charge in [0.15, 0.2) is 0 Å². The SMILES string of the molecule is CC(C)c1cccc(OCc2ccc(C(C)CN)cc2)c1. The zero-order valence-corrected chi connectivity index (χ0v) is 13.2. The molecule has 0 heterocycles. The molecule has 2 N–H and O–H groups in total. The fourth-order valence-corrected chi connectivity index (χ4v) is 2.21. The molecule has 0 fully saturated rings. The second kappa shape index (κ2) is 7.28. The minimum Gasteiger partial charge on any atom is -0.489 e. The number of ether oxygens (including phenoxy) is 1. The molecule has 0 amide bonds. The first-order valence-electron chi connectivity index (χ1n) is 7.61. The maximum absolute atomic E-state index is 5.88. The van der Waals surface area contributed by atoms with Crippen molar-refractivity contribution in [3.8, 4) is 5.75 Å². The van der Waals surface area contributed by atoms with E-state index < -0.39 is 0 Å². The van der Waals surface area contributed by atoms with Crippen molar-refractivity contribution in [2.45, 2.75) is 39.2 Å². The highest BCUT2D eigenvalue weighted by molar-refractivity contribution is 5.31. The molecule has 2 heteroatoms. The third-order valence-corrected chi connectivity index (χ3v) is 3.83. The van der Waals surface area contributed by atoms with Crippen LogP contribution in [-0.2, 0) is 6.61 Å². The van der Waals surface area contributed by atoms with Crippen LogP contribution in [0.1, 0.15) is 49.3 Å². The minimum absolute atomic E-state index is 0.405. The Morgan fingerprint density at radius 3 is 2.29 bits per heavy atom. The predicted octanol–water partition coefficient (Wildman–Crippen LogP) is 4.45. The van der Waals surface area contributed by atoms with Crippen LogP contribution in [0.3, 0.4) is 0 Å². The van der Waals surface area contributed by atoms with Crippen LogP contribution in [0, 0.1) is 0 Å². The molecule has 0 saturated heterocycles. The summed E-state index contributed by atoms with van der Waals surface area (Å²) in [7, 11) is 0. The number of benzene rings is 2. The summed E-state index contributed by atoms with van der Waals surface area (Å²) in [4.78, 5) is 0. The van der Waals surface area contributed by atoms with Crippen molar-refractivity contribution in [3.63, 3.8) is 0 Å². The molecule has 0 spiro atoms. The quantitative estimate of drug-likeness (QED) is 0.850. The van der Waals surface area contributed by atoms with Crippen LogP contribution in [0.25, 0.3) is 0 Å². The van der Waals surface area contributed by atoms with E-state index in [2.05, 4.69) is 63.2 Å². The smallest absolute Gasteiger partial charge is 0.120 e. The summed E-state index contributed by atoms with van der Waals surface area (Å²) >= 11 is 0. The Bertz CT molecular complexity index is 560. The van der Waals surface area contributed by atoms with E-state index in [-0.39, 0.29) is 0 Å². The van der Waals surface area contributed by atoms with Gasteiger partial charge in [-0.15, -0.1) is 0 Å². The molecular weight excluding hydrogens is 258 g/mol. The summed E-state index contributed by atoms with van der Waals surface area (Å²) in [5, 5.41) is 0. The molecule has 0 aliphatic heterocycles. The highest BCUT2D eigenvalue weighted by Crippen LogP contribution is 2.21. The van der Waals surface area contributed by atoms with Crippen molar-refractivity contribution in [1.29, 1.82) is 0 Å². The van der Waals surface area contributed by atoms with Crippen molar-refractivity contribution >= 4 is 0 Å². The molecule has 1 atom stereocenters. The lowest BCUT2D eigenvalue weighted by molar-refractivity contribution is 0.306. The normalized spacial score (nSPS) is 12.4. The number of nitrogens with two attached hydrogens (primary N) is 1. The van der Waals surface area contributed by atoms with Crippen molar-refractivity contribution < 1.29 is 4.74 Å². The minimum atomic E-state index is 0.405. The van der Waals surface area contributed by atoms with Gasteiger partial charge in [-0.05, 0) is 47.2 Å². The highest BCUT2D eigenvalue weighted by atomic mass is 16.5. The van der Waals surface area contributed by atoms with E-state index in [1.807, 2.05) is 6.07 Å². The second-order valence-electron chi connectivity index (χ2n) is 5.89. The molecule has 0 saturated carbocycles. The summed E-state index contributed by atoms with van der Waals surface area (Å²) in [6.45, 7) is 7.80. The fourth-order valence-electron chi connectivity index (χ4n) is 2.21. The first-order valence-corrected chi connectivity index (χ1v) is 7.61. The molecule has 0 aliphatic rings. The summed E-state index contributed by atoms with van der Waals surface area (Å²) in [5.74, 6) is 1.86. The standard InChI is InChI=1S/C19H25NO/c1-14(2)18-5-4-6-19(11-18)21-13-16-7-9-17(10-8-16)15(3)12-20/h4-11,14-15H,12-13,20H2,1-3H3. The second-order valence-corrected chi connectivity index (χ2v) is 5.89. The Morgan fingerprint density at radius 2 is 1.67 bits per heavy atom. The maximum Gasteiger partial charge on any atom is 0.120 e. The summed E-state index contributed by atoms with van der Waals surface area (Å²) < 4.78 is 5.88. The number of hydrogen-bond acceptors (Lipinski definition) is 2. The first kappa shape index (κ1) is 15.6. The highest BCUT2D eigenvalue weighted by Gasteiger charge is 2.04. The molecule has 0 aliphatic carbocycles. The van der Waals surface area contributed by atoms with Crippen LogP contribution >= 0.6 is 0 Å². The van der Waals surface area contributed by atoms with Gasteiger partial charge >= 0.3 is 0 Å². The third-order valence-electron chi connectivity index (χ3n) is 3.83. The zero-order valence-electron chi connectivity index (χ0n) is 13.2. The average Bonchev–Trinajstić information content (AvgIpc) is 2.53. The summed E-state index contributed by atoms with van der Waals surface area (Å²) in [6.07, 6.45) is 0. The van der Waals surface area contributed by atoms with Gasteiger partial charge in [-0.25, -0.2) is 0 Å². The molecule has 0 aromatic heterocycles. The van der Waals surface area contributed by atoms with Gasteiger partial charge in [0.1, 0.15) is 12.4 Å². The van der Waals surface area contributed by atoms with Gasteiger partial charge in [0.25, 0.3) is 0 Å². The Kier molecular flexibility index (Phi) is 5.40. The van der Waals surface area contributed by atoms with Crippen molar-refractivity contribution in [2.24, 2.45) is 5.73 Å². The predicted molar refractivity (Wildman–Crippen MR) is 88.8 cm³/mol. The Morgan fingerprint density at radius 1 is 0.952 bits per heavy atom. The fraction of sp³-hybridized carbons (Fsp3) is 0.368. The van der Waals surface area contributed by atoms with Gasteiger partial charge < -0.3 is 10.5 Å². The molecular formula is C19H25NO. The van der Waals surface area contributed by atoms with Crippen molar-refractivity contribution in [1.82, 2.24) is 0 Å². The molecule has 0 bridgehead atoms. The largest absolute Gasteiger partial charge is 0.489 e. The number of hydrogen-bond donors (Lipinski definition) is 1. The van der Waals surface area contributed by atoms with Gasteiger partial charge in [-0.3, -0.25) is 0 Å². The monoisotopic (exact) mass is 283 g/mol. The van der Waals surface area contributed by atoms with Crippen LogP contribution in [-0.4, -0.2) is 6.54 Å². The Labute approximate surface area is 127 Å². The lowest BCUT2D eigenvalue weighted by Gasteiger charge is -2.12. The molecule has 1 unspecified atom stereocenters. The molecule has 2 aromatic carbocycles. The van der Waals surface area contributed by atoms with Crippen molar-refractivity contribution in [2.75, 3.05) is 6.54 Å². The van der Waals surface area contributed by atoms with Crippen molar-refractivity contribution in [3.05, 3.63) is 65.2 Å². The molecule has 112 valence electrons. The Hall–Kier alpha value is -1.80. The molecule has 2 aromatic rings. The van der Waals surface area contributed by atoms with Crippen LogP contribution in [0.2, 0.25) is 0 Å². The van der Waals surface area contributed by atoms with Gasteiger partial charge in [0.2, 0.25) is 0 Å². The van der Waals surface area contributed by atoms with Gasteiger partial charge in [0.05, 0.1) is 0 Å². The van der Waals surface area contributed by atoms with Gasteiger partial charge in [-0.1, -0.05) is 57.2 Å². The first-order chi connectivity index (χ1) is 10.1. The van der Waals surface area contributed by atoms with E-state index in [0.717, 1.165) is 5.75 Å². The summed E-state index contributed by atoms with van der Waals surface area (Å²) in [5.41, 5.74) is 9.46. The van der Waals surface area contributed by atoms with E-state index in [1.165, 1.54) is 16.7 Å². The number of rotatable bonds is 6. The van der Waals surface area contributed by atoms with Crippen LogP contribution in [0.5, 0.6) is 5.75 Å². The van der Waals surface area contributed by atoms with Gasteiger partial charge in [-0.2, -0.15) is 0 Å². The van der Waals surface area contributed by atoms with Crippen LogP contribution in [0.15, 0.2) is 48.5 Å². The lowest BCUT2D eigenvalue weighted by atomic mass is 10.0. The van der Waals surface area contributed by atoms with Crippen LogP contribution in [0.4, 0.5) is 0 Å². The van der Waals surface area contributed by atoms with Gasteiger partial charge in [0, 0.05) is 0 Å². The Balaban J connectivity index is 1.98. The van der Waals surface area contributed by atoms with E-state index in [0.29, 0.717) is 25.0 Å². The van der Waals surface area contributed by atoms with E-state index >= 15 is 0 Å². The van der Waals surface area contributed by atoms with E-state index in [1.54, 1.807) is 0 Å². The molecule has 21 heavy (non-hydrogen) atoms. The van der Waals surface area contributed by atoms with Crippen LogP contribution < -0.4 is 10.5 Å².